The number of nitrogens with zero attached hydrogens (tertiary/aromatic N) is 2. The standard InChI is InChI=1S/C13H13BrN2S/c1-8-6-9(2)15-13(7-8)17-12-5-4-11(14)10(3)16-12/h4-7H,1-3H3. The molecule has 88 valence electrons. The number of aromatic nitrogens is 2. The minimum atomic E-state index is 0.975. The molecule has 0 fully saturated rings. The smallest absolute Gasteiger partial charge is 0.103 e. The van der Waals surface area contributed by atoms with Crippen LogP contribution in [0.1, 0.15) is 17.0 Å². The molecule has 2 aromatic heterocycles. The summed E-state index contributed by atoms with van der Waals surface area (Å²) in [6.07, 6.45) is 0. The second kappa shape index (κ2) is 5.19. The fourth-order valence-corrected chi connectivity index (χ4v) is 2.73. The van der Waals surface area contributed by atoms with E-state index in [9.17, 15) is 0 Å². The van der Waals surface area contributed by atoms with Crippen LogP contribution in [0.5, 0.6) is 0 Å². The van der Waals surface area contributed by atoms with Crippen LogP contribution in [0.15, 0.2) is 38.8 Å². The van der Waals surface area contributed by atoms with E-state index in [1.54, 1.807) is 11.8 Å². The van der Waals surface area contributed by atoms with Crippen molar-refractivity contribution in [3.05, 3.63) is 45.7 Å². The molecule has 2 aromatic rings. The predicted octanol–water partition coefficient (Wildman–Crippen LogP) is 4.32. The first-order valence-corrected chi connectivity index (χ1v) is 6.92. The first-order valence-electron chi connectivity index (χ1n) is 5.31. The average molecular weight is 309 g/mol. The molecule has 0 saturated heterocycles. The lowest BCUT2D eigenvalue weighted by Crippen LogP contribution is -1.89. The third-order valence-electron chi connectivity index (χ3n) is 2.28. The van der Waals surface area contributed by atoms with E-state index >= 15 is 0 Å². The number of halogens is 1. The zero-order valence-electron chi connectivity index (χ0n) is 9.99. The van der Waals surface area contributed by atoms with Gasteiger partial charge in [-0.1, -0.05) is 11.8 Å². The summed E-state index contributed by atoms with van der Waals surface area (Å²) in [6, 6.07) is 8.18. The Hall–Kier alpha value is -0.870. The molecule has 0 N–H and O–H groups in total. The summed E-state index contributed by atoms with van der Waals surface area (Å²) in [4.78, 5) is 9.00. The van der Waals surface area contributed by atoms with Gasteiger partial charge in [0.15, 0.2) is 0 Å². The van der Waals surface area contributed by atoms with Crippen LogP contribution in [0, 0.1) is 20.8 Å². The highest BCUT2D eigenvalue weighted by molar-refractivity contribution is 9.10. The summed E-state index contributed by atoms with van der Waals surface area (Å²) in [5, 5.41) is 1.97. The highest BCUT2D eigenvalue weighted by atomic mass is 79.9. The van der Waals surface area contributed by atoms with Gasteiger partial charge in [0.1, 0.15) is 10.1 Å². The number of aryl methyl sites for hydroxylation is 3. The molecule has 0 bridgehead atoms. The van der Waals surface area contributed by atoms with E-state index in [-0.39, 0.29) is 0 Å². The molecule has 0 atom stereocenters. The van der Waals surface area contributed by atoms with Crippen molar-refractivity contribution in [3.8, 4) is 0 Å². The van der Waals surface area contributed by atoms with Gasteiger partial charge in [0.2, 0.25) is 0 Å². The van der Waals surface area contributed by atoms with Crippen molar-refractivity contribution in [2.75, 3.05) is 0 Å². The molecular weight excluding hydrogens is 296 g/mol. The predicted molar refractivity (Wildman–Crippen MR) is 74.5 cm³/mol. The van der Waals surface area contributed by atoms with Gasteiger partial charge < -0.3 is 0 Å². The van der Waals surface area contributed by atoms with E-state index in [0.717, 1.165) is 25.9 Å². The van der Waals surface area contributed by atoms with Crippen molar-refractivity contribution in [1.29, 1.82) is 0 Å². The van der Waals surface area contributed by atoms with Gasteiger partial charge in [-0.15, -0.1) is 0 Å². The highest BCUT2D eigenvalue weighted by Crippen LogP contribution is 2.27. The fourth-order valence-electron chi connectivity index (χ4n) is 1.54. The lowest BCUT2D eigenvalue weighted by Gasteiger charge is -2.04. The van der Waals surface area contributed by atoms with Crippen molar-refractivity contribution in [3.63, 3.8) is 0 Å². The largest absolute Gasteiger partial charge is 0.246 e. The lowest BCUT2D eigenvalue weighted by molar-refractivity contribution is 1.02. The van der Waals surface area contributed by atoms with Crippen LogP contribution in [-0.2, 0) is 0 Å². The molecule has 0 aliphatic heterocycles. The van der Waals surface area contributed by atoms with E-state index in [4.69, 9.17) is 0 Å². The maximum absolute atomic E-state index is 4.50. The second-order valence-corrected chi connectivity index (χ2v) is 5.84. The van der Waals surface area contributed by atoms with Crippen molar-refractivity contribution in [2.24, 2.45) is 0 Å². The first-order chi connectivity index (χ1) is 8.04. The first kappa shape index (κ1) is 12.6. The second-order valence-electron chi connectivity index (χ2n) is 3.94. The normalized spacial score (nSPS) is 10.6. The number of pyridine rings is 2. The van der Waals surface area contributed by atoms with Gasteiger partial charge in [0.25, 0.3) is 0 Å². The Morgan fingerprint density at radius 3 is 2.41 bits per heavy atom. The molecule has 0 unspecified atom stereocenters. The minimum Gasteiger partial charge on any atom is -0.246 e. The molecule has 17 heavy (non-hydrogen) atoms. The molecule has 0 radical (unpaired) electrons. The van der Waals surface area contributed by atoms with Gasteiger partial charge in [-0.3, -0.25) is 0 Å². The Morgan fingerprint density at radius 1 is 1.00 bits per heavy atom. The third kappa shape index (κ3) is 3.30. The molecular formula is C13H13BrN2S. The summed E-state index contributed by atoms with van der Waals surface area (Å²) in [5.74, 6) is 0. The van der Waals surface area contributed by atoms with Crippen LogP contribution in [0.2, 0.25) is 0 Å². The third-order valence-corrected chi connectivity index (χ3v) is 3.97. The molecule has 0 spiro atoms. The number of hydrogen-bond acceptors (Lipinski definition) is 3. The van der Waals surface area contributed by atoms with Crippen molar-refractivity contribution in [1.82, 2.24) is 9.97 Å². The molecule has 0 amide bonds. The molecule has 0 saturated carbocycles. The lowest BCUT2D eigenvalue weighted by atomic mass is 10.3. The molecule has 2 rings (SSSR count). The van der Waals surface area contributed by atoms with Gasteiger partial charge in [0, 0.05) is 10.2 Å². The van der Waals surface area contributed by atoms with Gasteiger partial charge in [-0.25, -0.2) is 9.97 Å². The number of rotatable bonds is 2. The molecule has 4 heteroatoms. The summed E-state index contributed by atoms with van der Waals surface area (Å²) in [5.41, 5.74) is 3.27. The zero-order chi connectivity index (χ0) is 12.4. The van der Waals surface area contributed by atoms with Crippen LogP contribution in [0.3, 0.4) is 0 Å². The molecule has 2 heterocycles. The summed E-state index contributed by atoms with van der Waals surface area (Å²) >= 11 is 5.05. The van der Waals surface area contributed by atoms with Crippen LogP contribution in [-0.4, -0.2) is 9.97 Å². The van der Waals surface area contributed by atoms with Crippen LogP contribution in [0.25, 0.3) is 0 Å². The van der Waals surface area contributed by atoms with Crippen LogP contribution in [0.4, 0.5) is 0 Å². The molecule has 0 aromatic carbocycles. The van der Waals surface area contributed by atoms with Crippen molar-refractivity contribution in [2.45, 2.75) is 30.8 Å². The SMILES string of the molecule is Cc1cc(C)nc(Sc2ccc(Br)c(C)n2)c1. The van der Waals surface area contributed by atoms with E-state index in [1.165, 1.54) is 5.56 Å². The van der Waals surface area contributed by atoms with Crippen molar-refractivity contribution < 1.29 is 0 Å². The van der Waals surface area contributed by atoms with Crippen LogP contribution >= 0.6 is 27.7 Å². The zero-order valence-corrected chi connectivity index (χ0v) is 12.4. The summed E-state index contributed by atoms with van der Waals surface area (Å²) < 4.78 is 1.04. The fraction of sp³-hybridized carbons (Fsp3) is 0.231. The monoisotopic (exact) mass is 308 g/mol. The van der Waals surface area contributed by atoms with Gasteiger partial charge in [-0.05, 0) is 66.5 Å². The maximum atomic E-state index is 4.50. The van der Waals surface area contributed by atoms with Crippen molar-refractivity contribution >= 4 is 27.7 Å². The summed E-state index contributed by atoms with van der Waals surface area (Å²) in [7, 11) is 0. The van der Waals surface area contributed by atoms with Gasteiger partial charge >= 0.3 is 0 Å². The van der Waals surface area contributed by atoms with Gasteiger partial charge in [-0.2, -0.15) is 0 Å². The Kier molecular flexibility index (Phi) is 3.84. The minimum absolute atomic E-state index is 0.975. The van der Waals surface area contributed by atoms with E-state index in [1.807, 2.05) is 26.0 Å². The van der Waals surface area contributed by atoms with Gasteiger partial charge in [0.05, 0.1) is 5.69 Å². The molecule has 0 aliphatic rings. The molecule has 0 aliphatic carbocycles. The Morgan fingerprint density at radius 2 is 1.76 bits per heavy atom. The van der Waals surface area contributed by atoms with E-state index in [0.29, 0.717) is 0 Å². The summed E-state index contributed by atoms with van der Waals surface area (Å²) in [6.45, 7) is 6.08. The Labute approximate surface area is 114 Å². The Bertz CT molecular complexity index is 535. The van der Waals surface area contributed by atoms with E-state index < -0.39 is 0 Å². The quantitative estimate of drug-likeness (QED) is 0.826. The molecule has 2 nitrogen and oxygen atoms in total. The maximum Gasteiger partial charge on any atom is 0.103 e. The Balaban J connectivity index is 2.28. The highest BCUT2D eigenvalue weighted by Gasteiger charge is 2.04. The topological polar surface area (TPSA) is 25.8 Å². The van der Waals surface area contributed by atoms with E-state index in [2.05, 4.69) is 45.0 Å². The number of hydrogen-bond donors (Lipinski definition) is 0. The average Bonchev–Trinajstić information content (AvgIpc) is 2.22. The van der Waals surface area contributed by atoms with Crippen LogP contribution < -0.4 is 0 Å².